The number of H-pyrrole nitrogens is 2. The molecule has 0 aliphatic rings. The van der Waals surface area contributed by atoms with Crippen LogP contribution in [-0.4, -0.2) is 31.6 Å². The van der Waals surface area contributed by atoms with Gasteiger partial charge in [-0.05, 0) is 42.8 Å². The van der Waals surface area contributed by atoms with E-state index in [0.717, 1.165) is 53.0 Å². The largest absolute Gasteiger partial charge is 0.384 e. The Bertz CT molecular complexity index is 1080. The van der Waals surface area contributed by atoms with Crippen LogP contribution in [0.25, 0.3) is 22.1 Å². The number of aromatic nitrogens is 4. The van der Waals surface area contributed by atoms with Crippen molar-refractivity contribution in [3.05, 3.63) is 59.2 Å². The van der Waals surface area contributed by atoms with E-state index in [1.54, 1.807) is 0 Å². The van der Waals surface area contributed by atoms with Crippen molar-refractivity contribution in [1.82, 2.24) is 19.9 Å². The molecule has 0 aliphatic carbocycles. The monoisotopic (exact) mass is 360 g/mol. The Morgan fingerprint density at radius 1 is 0.778 bits per heavy atom. The van der Waals surface area contributed by atoms with Crippen molar-refractivity contribution in [2.45, 2.75) is 19.3 Å². The molecule has 2 heterocycles. The van der Waals surface area contributed by atoms with E-state index in [1.165, 1.54) is 0 Å². The number of nitrogens with zero attached hydrogens (tertiary/aromatic N) is 2. The zero-order valence-electron chi connectivity index (χ0n) is 14.6. The molecule has 2 aromatic carbocycles. The van der Waals surface area contributed by atoms with E-state index in [4.69, 9.17) is 22.3 Å². The topological polar surface area (TPSA) is 157 Å². The van der Waals surface area contributed by atoms with Gasteiger partial charge in [-0.1, -0.05) is 0 Å². The third kappa shape index (κ3) is 3.37. The van der Waals surface area contributed by atoms with Crippen LogP contribution in [0.3, 0.4) is 0 Å². The molecule has 8 heteroatoms. The fourth-order valence-electron chi connectivity index (χ4n) is 3.11. The number of amidine groups is 2. The molecule has 4 aromatic rings. The standard InChI is InChI=1S/C19H20N8/c20-18(21)10-4-6-12-14(8-10)26-16(24-12)2-1-3-17-25-13-7-5-11(19(22)23)9-15(13)27-17/h4-9H,1-3H2,(H3,20,21)(H3,22,23)(H,24,26)(H,25,27). The number of nitrogen functional groups attached to an aromatic ring is 2. The summed E-state index contributed by atoms with van der Waals surface area (Å²) in [5, 5.41) is 15.0. The number of fused-ring (bicyclic) bond motifs is 2. The lowest BCUT2D eigenvalue weighted by Crippen LogP contribution is -2.10. The van der Waals surface area contributed by atoms with Crippen molar-refractivity contribution in [3.63, 3.8) is 0 Å². The van der Waals surface area contributed by atoms with Crippen molar-refractivity contribution >= 4 is 33.7 Å². The third-order valence-electron chi connectivity index (χ3n) is 4.51. The number of nitrogens with two attached hydrogens (primary N) is 2. The van der Waals surface area contributed by atoms with Gasteiger partial charge in [-0.3, -0.25) is 10.8 Å². The van der Waals surface area contributed by atoms with Crippen LogP contribution in [0.5, 0.6) is 0 Å². The molecule has 8 N–H and O–H groups in total. The Kier molecular flexibility index (Phi) is 4.08. The van der Waals surface area contributed by atoms with Crippen LogP contribution < -0.4 is 11.5 Å². The zero-order valence-corrected chi connectivity index (χ0v) is 14.6. The maximum atomic E-state index is 7.52. The first kappa shape index (κ1) is 16.8. The first-order chi connectivity index (χ1) is 13.0. The quantitative estimate of drug-likeness (QED) is 0.230. The molecule has 0 amide bonds. The molecule has 0 fully saturated rings. The molecular formula is C19H20N8. The molecule has 27 heavy (non-hydrogen) atoms. The lowest BCUT2D eigenvalue weighted by Gasteiger charge is -1.95. The zero-order chi connectivity index (χ0) is 19.0. The Morgan fingerprint density at radius 3 is 1.63 bits per heavy atom. The minimum absolute atomic E-state index is 0.0410. The number of nitrogens with one attached hydrogen (secondary N) is 4. The maximum Gasteiger partial charge on any atom is 0.122 e. The van der Waals surface area contributed by atoms with Crippen molar-refractivity contribution < 1.29 is 0 Å². The highest BCUT2D eigenvalue weighted by atomic mass is 14.9. The number of aromatic amines is 2. The van der Waals surface area contributed by atoms with Crippen LogP contribution in [0.15, 0.2) is 36.4 Å². The van der Waals surface area contributed by atoms with Gasteiger partial charge >= 0.3 is 0 Å². The summed E-state index contributed by atoms with van der Waals surface area (Å²) in [5.41, 5.74) is 15.9. The average molecular weight is 360 g/mol. The van der Waals surface area contributed by atoms with E-state index in [9.17, 15) is 0 Å². The SMILES string of the molecule is N=C(N)c1ccc2[nH]c(CCCc3nc4cc(C(=N)N)ccc4[nH]3)nc2c1. The molecule has 0 unspecified atom stereocenters. The van der Waals surface area contributed by atoms with E-state index in [0.29, 0.717) is 11.1 Å². The minimum Gasteiger partial charge on any atom is -0.384 e. The summed E-state index contributed by atoms with van der Waals surface area (Å²) < 4.78 is 0. The molecule has 0 bridgehead atoms. The molecule has 2 aromatic heterocycles. The van der Waals surface area contributed by atoms with Gasteiger partial charge in [-0.15, -0.1) is 0 Å². The number of imidazole rings is 2. The summed E-state index contributed by atoms with van der Waals surface area (Å²) in [5.74, 6) is 1.89. The van der Waals surface area contributed by atoms with Crippen molar-refractivity contribution in [3.8, 4) is 0 Å². The normalized spacial score (nSPS) is 11.3. The van der Waals surface area contributed by atoms with Crippen LogP contribution in [0.4, 0.5) is 0 Å². The van der Waals surface area contributed by atoms with Crippen LogP contribution in [0.1, 0.15) is 29.2 Å². The van der Waals surface area contributed by atoms with Crippen LogP contribution in [0.2, 0.25) is 0 Å². The van der Waals surface area contributed by atoms with E-state index >= 15 is 0 Å². The van der Waals surface area contributed by atoms with E-state index in [1.807, 2.05) is 36.4 Å². The first-order valence-electron chi connectivity index (χ1n) is 8.65. The molecule has 0 spiro atoms. The number of hydrogen-bond donors (Lipinski definition) is 6. The molecule has 0 radical (unpaired) electrons. The number of aryl methyl sites for hydroxylation is 2. The average Bonchev–Trinajstić information content (AvgIpc) is 3.22. The summed E-state index contributed by atoms with van der Waals surface area (Å²) in [7, 11) is 0. The molecular weight excluding hydrogens is 340 g/mol. The molecule has 0 saturated carbocycles. The van der Waals surface area contributed by atoms with Gasteiger partial charge in [0.25, 0.3) is 0 Å². The van der Waals surface area contributed by atoms with Gasteiger partial charge in [0.1, 0.15) is 23.3 Å². The Balaban J connectivity index is 1.44. The lowest BCUT2D eigenvalue weighted by molar-refractivity contribution is 0.759. The highest BCUT2D eigenvalue weighted by Crippen LogP contribution is 2.17. The maximum absolute atomic E-state index is 7.52. The molecule has 0 saturated heterocycles. The molecule has 8 nitrogen and oxygen atoms in total. The van der Waals surface area contributed by atoms with Gasteiger partial charge < -0.3 is 21.4 Å². The van der Waals surface area contributed by atoms with Crippen molar-refractivity contribution in [2.75, 3.05) is 0 Å². The lowest BCUT2D eigenvalue weighted by atomic mass is 10.2. The van der Waals surface area contributed by atoms with E-state index in [-0.39, 0.29) is 11.7 Å². The van der Waals surface area contributed by atoms with Gasteiger partial charge in [-0.2, -0.15) is 0 Å². The molecule has 0 aliphatic heterocycles. The second kappa shape index (κ2) is 6.56. The second-order valence-corrected chi connectivity index (χ2v) is 6.51. The predicted molar refractivity (Wildman–Crippen MR) is 106 cm³/mol. The Morgan fingerprint density at radius 2 is 1.22 bits per heavy atom. The van der Waals surface area contributed by atoms with Crippen molar-refractivity contribution in [1.29, 1.82) is 10.8 Å². The van der Waals surface area contributed by atoms with Gasteiger partial charge in [0.15, 0.2) is 0 Å². The Hall–Kier alpha value is -3.68. The number of benzene rings is 2. The molecule has 4 rings (SSSR count). The summed E-state index contributed by atoms with van der Waals surface area (Å²) in [6.07, 6.45) is 2.47. The highest BCUT2D eigenvalue weighted by Gasteiger charge is 2.08. The van der Waals surface area contributed by atoms with E-state index < -0.39 is 0 Å². The minimum atomic E-state index is 0.0410. The van der Waals surface area contributed by atoms with Gasteiger partial charge in [0, 0.05) is 24.0 Å². The number of rotatable bonds is 6. The highest BCUT2D eigenvalue weighted by molar-refractivity contribution is 5.98. The second-order valence-electron chi connectivity index (χ2n) is 6.51. The van der Waals surface area contributed by atoms with Crippen LogP contribution >= 0.6 is 0 Å². The van der Waals surface area contributed by atoms with Crippen LogP contribution in [-0.2, 0) is 12.8 Å². The third-order valence-corrected chi connectivity index (χ3v) is 4.51. The predicted octanol–water partition coefficient (Wildman–Crippen LogP) is 2.18. The summed E-state index contributed by atoms with van der Waals surface area (Å²) in [4.78, 5) is 15.8. The first-order valence-corrected chi connectivity index (χ1v) is 8.65. The van der Waals surface area contributed by atoms with Gasteiger partial charge in [0.05, 0.1) is 22.1 Å². The van der Waals surface area contributed by atoms with Gasteiger partial charge in [0.2, 0.25) is 0 Å². The summed E-state index contributed by atoms with van der Waals surface area (Å²) >= 11 is 0. The fraction of sp³-hybridized carbons (Fsp3) is 0.158. The van der Waals surface area contributed by atoms with Gasteiger partial charge in [-0.25, -0.2) is 9.97 Å². The fourth-order valence-corrected chi connectivity index (χ4v) is 3.11. The summed E-state index contributed by atoms with van der Waals surface area (Å²) in [6.45, 7) is 0. The van der Waals surface area contributed by atoms with E-state index in [2.05, 4.69) is 19.9 Å². The molecule has 0 atom stereocenters. The van der Waals surface area contributed by atoms with Crippen LogP contribution in [0, 0.1) is 10.8 Å². The Labute approximate surface area is 155 Å². The van der Waals surface area contributed by atoms with Crippen molar-refractivity contribution in [2.24, 2.45) is 11.5 Å². The molecule has 136 valence electrons. The summed E-state index contributed by atoms with van der Waals surface area (Å²) in [6, 6.07) is 11.1. The smallest absolute Gasteiger partial charge is 0.122 e. The number of hydrogen-bond acceptors (Lipinski definition) is 4.